The summed E-state index contributed by atoms with van der Waals surface area (Å²) < 4.78 is 0. The average molecular weight is 540 g/mol. The zero-order valence-corrected chi connectivity index (χ0v) is 23.6. The summed E-state index contributed by atoms with van der Waals surface area (Å²) in [7, 11) is 3.98. The molecule has 0 saturated heterocycles. The first-order valence-electron chi connectivity index (χ1n) is 13.7. The van der Waals surface area contributed by atoms with Crippen LogP contribution in [0.4, 0.5) is 11.4 Å². The topological polar surface area (TPSA) is 93.8 Å². The molecule has 0 saturated carbocycles. The summed E-state index contributed by atoms with van der Waals surface area (Å²) in [5.74, 6) is -0.435. The van der Waals surface area contributed by atoms with Crippen LogP contribution in [0.25, 0.3) is 11.3 Å². The van der Waals surface area contributed by atoms with Crippen molar-refractivity contribution in [2.45, 2.75) is 20.3 Å². The maximum atomic E-state index is 13.3. The Hall–Kier alpha value is -4.43. The van der Waals surface area contributed by atoms with Crippen LogP contribution in [-0.2, 0) is 4.79 Å². The highest BCUT2D eigenvalue weighted by Gasteiger charge is 2.29. The molecule has 3 N–H and O–H groups in total. The summed E-state index contributed by atoms with van der Waals surface area (Å²) in [4.78, 5) is 42.7. The second-order valence-corrected chi connectivity index (χ2v) is 9.98. The Labute approximate surface area is 236 Å². The van der Waals surface area contributed by atoms with Gasteiger partial charge in [0.1, 0.15) is 0 Å². The van der Waals surface area contributed by atoms with Gasteiger partial charge in [0.2, 0.25) is 0 Å². The first kappa shape index (κ1) is 28.6. The third-order valence-electron chi connectivity index (χ3n) is 6.76. The molecule has 0 unspecified atom stereocenters. The molecule has 0 fully saturated rings. The second kappa shape index (κ2) is 13.1. The Balaban J connectivity index is 1.65. The highest BCUT2D eigenvalue weighted by atomic mass is 16.2. The Morgan fingerprint density at radius 3 is 2.20 bits per heavy atom. The highest BCUT2D eigenvalue weighted by molar-refractivity contribution is 6.37. The van der Waals surface area contributed by atoms with Crippen molar-refractivity contribution in [3.05, 3.63) is 95.1 Å². The molecule has 1 aliphatic rings. The van der Waals surface area contributed by atoms with Crippen molar-refractivity contribution in [1.82, 2.24) is 15.1 Å². The van der Waals surface area contributed by atoms with Crippen LogP contribution < -0.4 is 16.0 Å². The molecule has 0 aromatic heterocycles. The van der Waals surface area contributed by atoms with Gasteiger partial charge in [-0.3, -0.25) is 14.4 Å². The summed E-state index contributed by atoms with van der Waals surface area (Å²) in [5, 5.41) is 9.23. The lowest BCUT2D eigenvalue weighted by molar-refractivity contribution is -0.110. The predicted molar refractivity (Wildman–Crippen MR) is 161 cm³/mol. The number of benzene rings is 3. The van der Waals surface area contributed by atoms with Gasteiger partial charge in [-0.1, -0.05) is 43.3 Å². The largest absolute Gasteiger partial charge is 0.354 e. The number of fused-ring (bicyclic) bond motifs is 1. The van der Waals surface area contributed by atoms with E-state index in [2.05, 4.69) is 20.9 Å². The smallest absolute Gasteiger partial charge is 0.258 e. The van der Waals surface area contributed by atoms with Gasteiger partial charge in [-0.25, -0.2) is 0 Å². The van der Waals surface area contributed by atoms with E-state index in [9.17, 15) is 14.4 Å². The number of hydrogen-bond donors (Lipinski definition) is 3. The monoisotopic (exact) mass is 539 g/mol. The highest BCUT2D eigenvalue weighted by Crippen LogP contribution is 2.38. The summed E-state index contributed by atoms with van der Waals surface area (Å²) in [6.45, 7) is 6.65. The van der Waals surface area contributed by atoms with E-state index in [1.807, 2.05) is 81.4 Å². The van der Waals surface area contributed by atoms with Gasteiger partial charge in [0, 0.05) is 54.2 Å². The lowest BCUT2D eigenvalue weighted by atomic mass is 9.98. The molecule has 3 aromatic carbocycles. The minimum Gasteiger partial charge on any atom is -0.354 e. The number of amides is 3. The Morgan fingerprint density at radius 1 is 0.850 bits per heavy atom. The van der Waals surface area contributed by atoms with Gasteiger partial charge in [-0.2, -0.15) is 0 Å². The van der Waals surface area contributed by atoms with Crippen LogP contribution in [-0.4, -0.2) is 67.8 Å². The molecule has 0 aliphatic carbocycles. The molecule has 0 atom stereocenters. The molecule has 3 aromatic rings. The first-order chi connectivity index (χ1) is 19.3. The molecule has 0 bridgehead atoms. The zero-order chi connectivity index (χ0) is 28.6. The number of likely N-dealkylation sites (N-methyl/N-ethyl adjacent to an activating group) is 2. The molecule has 1 heterocycles. The SMILES string of the molecule is CCCNC(=O)c1ccc2c(c1)NC(=O)/C2=C(\Nc1ccc(C(=O)N(CC)CCN(C)C)cc1)c1ccccc1. The molecule has 4 rings (SSSR count). The summed E-state index contributed by atoms with van der Waals surface area (Å²) >= 11 is 0. The van der Waals surface area contributed by atoms with Crippen LogP contribution in [0.2, 0.25) is 0 Å². The molecule has 40 heavy (non-hydrogen) atoms. The van der Waals surface area contributed by atoms with Crippen LogP contribution in [0, 0.1) is 0 Å². The second-order valence-electron chi connectivity index (χ2n) is 9.98. The lowest BCUT2D eigenvalue weighted by Gasteiger charge is -2.23. The molecule has 0 spiro atoms. The van der Waals surface area contributed by atoms with E-state index in [1.54, 1.807) is 24.3 Å². The van der Waals surface area contributed by atoms with E-state index in [-0.39, 0.29) is 17.7 Å². The van der Waals surface area contributed by atoms with E-state index < -0.39 is 0 Å². The van der Waals surface area contributed by atoms with Crippen LogP contribution in [0.5, 0.6) is 0 Å². The maximum Gasteiger partial charge on any atom is 0.258 e. The molecule has 3 amide bonds. The molecule has 8 heteroatoms. The molecular weight excluding hydrogens is 502 g/mol. The van der Waals surface area contributed by atoms with Gasteiger partial charge >= 0.3 is 0 Å². The minimum atomic E-state index is -0.251. The summed E-state index contributed by atoms with van der Waals surface area (Å²) in [6.07, 6.45) is 0.842. The Bertz CT molecular complexity index is 1400. The van der Waals surface area contributed by atoms with Gasteiger partial charge in [0.05, 0.1) is 11.3 Å². The van der Waals surface area contributed by atoms with Crippen molar-refractivity contribution in [3.8, 4) is 0 Å². The van der Waals surface area contributed by atoms with Gasteiger partial charge in [-0.05, 0) is 69.4 Å². The fourth-order valence-corrected chi connectivity index (χ4v) is 4.53. The molecule has 1 aliphatic heterocycles. The van der Waals surface area contributed by atoms with E-state index in [0.29, 0.717) is 47.7 Å². The Morgan fingerprint density at radius 2 is 1.55 bits per heavy atom. The fourth-order valence-electron chi connectivity index (χ4n) is 4.53. The van der Waals surface area contributed by atoms with Crippen molar-refractivity contribution in [2.24, 2.45) is 0 Å². The van der Waals surface area contributed by atoms with Crippen LogP contribution in [0.15, 0.2) is 72.8 Å². The standard InChI is InChI=1S/C32H37N5O3/c1-5-18-33-30(38)24-14-17-26-27(21-24)35-31(39)28(26)29(22-10-8-7-9-11-22)34-25-15-12-23(13-16-25)32(40)37(6-2)20-19-36(3)4/h7-17,21,34H,5-6,18-20H2,1-4H3,(H,33,38)(H,35,39)/b29-28-. The van der Waals surface area contributed by atoms with Crippen molar-refractivity contribution in [2.75, 3.05) is 50.9 Å². The van der Waals surface area contributed by atoms with Gasteiger partial charge in [0.25, 0.3) is 17.7 Å². The number of nitrogens with one attached hydrogen (secondary N) is 3. The number of carbonyl (C=O) groups excluding carboxylic acids is 3. The summed E-state index contributed by atoms with van der Waals surface area (Å²) in [5.41, 5.74) is 5.13. The molecule has 208 valence electrons. The zero-order valence-electron chi connectivity index (χ0n) is 23.6. The maximum absolute atomic E-state index is 13.3. The van der Waals surface area contributed by atoms with Gasteiger partial charge < -0.3 is 25.8 Å². The quantitative estimate of drug-likeness (QED) is 0.305. The van der Waals surface area contributed by atoms with E-state index in [4.69, 9.17) is 0 Å². The predicted octanol–water partition coefficient (Wildman–Crippen LogP) is 4.78. The number of rotatable bonds is 11. The normalized spacial score (nSPS) is 13.5. The third-order valence-corrected chi connectivity index (χ3v) is 6.76. The molecule has 0 radical (unpaired) electrons. The van der Waals surface area contributed by atoms with Crippen molar-refractivity contribution in [1.29, 1.82) is 0 Å². The van der Waals surface area contributed by atoms with E-state index in [0.717, 1.165) is 29.8 Å². The van der Waals surface area contributed by atoms with Crippen LogP contribution >= 0.6 is 0 Å². The van der Waals surface area contributed by atoms with E-state index in [1.165, 1.54) is 0 Å². The lowest BCUT2D eigenvalue weighted by Crippen LogP contribution is -2.36. The van der Waals surface area contributed by atoms with Crippen LogP contribution in [0.1, 0.15) is 52.1 Å². The van der Waals surface area contributed by atoms with E-state index >= 15 is 0 Å². The van der Waals surface area contributed by atoms with Crippen molar-refractivity contribution in [3.63, 3.8) is 0 Å². The number of anilines is 2. The van der Waals surface area contributed by atoms with Crippen molar-refractivity contribution >= 4 is 40.4 Å². The minimum absolute atomic E-state index is 0.0135. The van der Waals surface area contributed by atoms with Gasteiger partial charge in [-0.15, -0.1) is 0 Å². The fraction of sp³-hybridized carbons (Fsp3) is 0.281. The average Bonchev–Trinajstić information content (AvgIpc) is 3.30. The number of hydrogen-bond acceptors (Lipinski definition) is 5. The van der Waals surface area contributed by atoms with Crippen molar-refractivity contribution < 1.29 is 14.4 Å². The third kappa shape index (κ3) is 6.58. The van der Waals surface area contributed by atoms with Crippen LogP contribution in [0.3, 0.4) is 0 Å². The van der Waals surface area contributed by atoms with Gasteiger partial charge in [0.15, 0.2) is 0 Å². The molecular formula is C32H37N5O3. The number of nitrogens with zero attached hydrogens (tertiary/aromatic N) is 2. The Kier molecular flexibility index (Phi) is 9.35. The first-order valence-corrected chi connectivity index (χ1v) is 13.7. The molecule has 8 nitrogen and oxygen atoms in total. The summed E-state index contributed by atoms with van der Waals surface area (Å²) in [6, 6.07) is 22.2. The number of carbonyl (C=O) groups is 3.